The molecule has 0 saturated carbocycles. The molecule has 0 atom stereocenters. The largest absolute Gasteiger partial charge is 1.00 e. The van der Waals surface area contributed by atoms with Crippen LogP contribution in [0.4, 0.5) is 10.2 Å². The zero-order valence-electron chi connectivity index (χ0n) is 6.08. The van der Waals surface area contributed by atoms with Gasteiger partial charge in [0.05, 0.1) is 5.82 Å². The number of aromatic nitrogens is 1. The van der Waals surface area contributed by atoms with E-state index in [0.29, 0.717) is 5.82 Å². The Kier molecular flexibility index (Phi) is 6.99. The maximum atomic E-state index is 11.3. The first-order valence-corrected chi connectivity index (χ1v) is 2.63. The van der Waals surface area contributed by atoms with Crippen LogP contribution in [0.25, 0.3) is 0 Å². The molecule has 1 aromatic heterocycles. The molecule has 0 unspecified atom stereocenters. The maximum absolute atomic E-state index is 11.3. The summed E-state index contributed by atoms with van der Waals surface area (Å²) in [6.45, 7) is 0.165. The van der Waals surface area contributed by atoms with Gasteiger partial charge in [0, 0.05) is 0 Å². The normalized spacial score (nSPS) is 9.18. The molecule has 5 heteroatoms. The number of anilines is 1. The van der Waals surface area contributed by atoms with Crippen LogP contribution in [0.3, 0.4) is 0 Å². The molecule has 0 bridgehead atoms. The molecule has 0 fully saturated rings. The topological polar surface area (TPSA) is 37.3 Å². The van der Waals surface area contributed by atoms with Crippen molar-refractivity contribution in [3.05, 3.63) is 24.4 Å². The monoisotopic (exact) mass is 177 g/mol. The summed E-state index contributed by atoms with van der Waals surface area (Å²) in [4.78, 5) is 3.77. The average Bonchev–Trinajstić information content (AvgIpc) is 2.03. The molecule has 52 valence electrons. The van der Waals surface area contributed by atoms with E-state index in [-0.39, 0.29) is 57.9 Å². The van der Waals surface area contributed by atoms with Crippen molar-refractivity contribution in [2.45, 2.75) is 0 Å². The maximum Gasteiger partial charge on any atom is 1.00 e. The minimum absolute atomic E-state index is 0. The summed E-state index contributed by atoms with van der Waals surface area (Å²) in [6.07, 6.45) is 1.47. The van der Waals surface area contributed by atoms with Crippen LogP contribution >= 0.6 is 0 Å². The number of hydrogen-bond acceptors (Lipinski definition) is 3. The van der Waals surface area contributed by atoms with Crippen LogP contribution < -0.4 is 56.8 Å². The number of rotatable bonds is 2. The fourth-order valence-electron chi connectivity index (χ4n) is 0.477. The molecule has 1 aromatic rings. The van der Waals surface area contributed by atoms with Gasteiger partial charge in [0.15, 0.2) is 6.47 Å². The average molecular weight is 177 g/mol. The van der Waals surface area contributed by atoms with Crippen molar-refractivity contribution in [1.29, 1.82) is 0 Å². The molecule has 0 aliphatic rings. The summed E-state index contributed by atoms with van der Waals surface area (Å²) in [7, 11) is 0. The molecule has 3 nitrogen and oxygen atoms in total. The van der Waals surface area contributed by atoms with E-state index in [2.05, 4.69) is 21.6 Å². The van der Waals surface area contributed by atoms with Crippen molar-refractivity contribution in [3.63, 3.8) is 0 Å². The number of halogens is 1. The molecular formula is C6H5FKN3. The van der Waals surface area contributed by atoms with E-state index in [1.165, 1.54) is 6.20 Å². The molecule has 0 amide bonds. The Bertz CT molecular complexity index is 214. The van der Waals surface area contributed by atoms with E-state index < -0.39 is 0 Å². The van der Waals surface area contributed by atoms with Gasteiger partial charge in [-0.05, 0) is 0 Å². The Morgan fingerprint density at radius 1 is 1.73 bits per heavy atom. The first kappa shape index (κ1) is 11.2. The van der Waals surface area contributed by atoms with Crippen LogP contribution in [0, 0.1) is 6.07 Å². The summed E-state index contributed by atoms with van der Waals surface area (Å²) in [5.74, 6) is 0.493. The van der Waals surface area contributed by atoms with Gasteiger partial charge in [-0.25, -0.2) is 12.1 Å². The first-order valence-electron chi connectivity index (χ1n) is 2.63. The molecule has 1 rings (SSSR count). The van der Waals surface area contributed by atoms with Crippen LogP contribution in [-0.2, 0) is 0 Å². The molecular weight excluding hydrogens is 172 g/mol. The summed E-state index contributed by atoms with van der Waals surface area (Å²) in [5, 5.41) is 3.12. The molecule has 0 aromatic carbocycles. The second kappa shape index (κ2) is 6.87. The zero-order valence-corrected chi connectivity index (χ0v) is 9.20. The summed E-state index contributed by atoms with van der Waals surface area (Å²) < 4.78 is 11.3. The van der Waals surface area contributed by atoms with Crippen molar-refractivity contribution in [2.75, 3.05) is 5.43 Å². The number of hydrazone groups is 1. The fraction of sp³-hybridized carbons (Fsp3) is 0. The zero-order chi connectivity index (χ0) is 7.23. The predicted molar refractivity (Wildman–Crippen MR) is 36.3 cm³/mol. The quantitative estimate of drug-likeness (QED) is 0.251. The van der Waals surface area contributed by atoms with Gasteiger partial charge in [0.1, 0.15) is 0 Å². The number of pyridine rings is 1. The van der Waals surface area contributed by atoms with E-state index >= 15 is 0 Å². The smallest absolute Gasteiger partial charge is 0.277 e. The number of nitrogens with one attached hydrogen (secondary N) is 1. The van der Waals surface area contributed by atoms with Crippen LogP contribution in [-0.4, -0.2) is 11.5 Å². The van der Waals surface area contributed by atoms with Gasteiger partial charge in [-0.3, -0.25) is 10.4 Å². The van der Waals surface area contributed by atoms with Crippen LogP contribution in [0.5, 0.6) is 0 Å². The van der Waals surface area contributed by atoms with Gasteiger partial charge >= 0.3 is 51.4 Å². The van der Waals surface area contributed by atoms with Gasteiger partial charge < -0.3 is 0 Å². The van der Waals surface area contributed by atoms with Gasteiger partial charge in [-0.1, -0.05) is 6.20 Å². The predicted octanol–water partition coefficient (Wildman–Crippen LogP) is -1.79. The number of nitrogens with zero attached hydrogens (tertiary/aromatic N) is 2. The van der Waals surface area contributed by atoms with Gasteiger partial charge in [0.25, 0.3) is 0 Å². The SMILES string of the molecule is F/C=N/Nc1cc[c-]cn1.[K+]. The Hall–Kier alpha value is 0.186. The second-order valence-electron chi connectivity index (χ2n) is 1.48. The minimum Gasteiger partial charge on any atom is -0.277 e. The third-order valence-corrected chi connectivity index (χ3v) is 0.843. The Labute approximate surface area is 107 Å². The molecule has 0 aliphatic heterocycles. The standard InChI is InChI=1S/C6H5FN3.K/c7-5-9-10-6-3-1-2-4-8-6;/h1,3-5H,(H,8,10);/q-1;+1/b9-5+;. The van der Waals surface area contributed by atoms with E-state index in [1.54, 1.807) is 12.1 Å². The fourth-order valence-corrected chi connectivity index (χ4v) is 0.477. The van der Waals surface area contributed by atoms with Crippen LogP contribution in [0.2, 0.25) is 0 Å². The Balaban J connectivity index is 0.000001000. The van der Waals surface area contributed by atoms with Crippen molar-refractivity contribution in [2.24, 2.45) is 5.10 Å². The second-order valence-corrected chi connectivity index (χ2v) is 1.48. The third-order valence-electron chi connectivity index (χ3n) is 0.843. The minimum atomic E-state index is 0. The third kappa shape index (κ3) is 4.60. The van der Waals surface area contributed by atoms with Gasteiger partial charge in [0.2, 0.25) is 0 Å². The first-order chi connectivity index (χ1) is 4.93. The van der Waals surface area contributed by atoms with Crippen LogP contribution in [0.15, 0.2) is 23.4 Å². The van der Waals surface area contributed by atoms with Crippen LogP contribution in [0.1, 0.15) is 0 Å². The molecule has 0 saturated heterocycles. The van der Waals surface area contributed by atoms with Crippen molar-refractivity contribution >= 4 is 12.3 Å². The summed E-state index contributed by atoms with van der Waals surface area (Å²) >= 11 is 0. The van der Waals surface area contributed by atoms with Crippen molar-refractivity contribution < 1.29 is 55.8 Å². The molecule has 0 aliphatic carbocycles. The van der Waals surface area contributed by atoms with E-state index in [4.69, 9.17) is 0 Å². The Morgan fingerprint density at radius 3 is 3.09 bits per heavy atom. The van der Waals surface area contributed by atoms with Gasteiger partial charge in [-0.2, -0.15) is 15.6 Å². The van der Waals surface area contributed by atoms with E-state index in [0.717, 1.165) is 0 Å². The van der Waals surface area contributed by atoms with E-state index in [1.807, 2.05) is 0 Å². The summed E-state index contributed by atoms with van der Waals surface area (Å²) in [5.41, 5.74) is 2.36. The number of hydrogen-bond donors (Lipinski definition) is 1. The Morgan fingerprint density at radius 2 is 2.55 bits per heavy atom. The summed E-state index contributed by atoms with van der Waals surface area (Å²) in [6, 6.07) is 6.00. The van der Waals surface area contributed by atoms with Crippen molar-refractivity contribution in [1.82, 2.24) is 4.98 Å². The molecule has 0 radical (unpaired) electrons. The molecule has 1 N–H and O–H groups in total. The van der Waals surface area contributed by atoms with Gasteiger partial charge in [-0.15, -0.1) is 0 Å². The van der Waals surface area contributed by atoms with Crippen molar-refractivity contribution in [3.8, 4) is 0 Å². The molecule has 0 spiro atoms. The molecule has 11 heavy (non-hydrogen) atoms. The van der Waals surface area contributed by atoms with E-state index in [9.17, 15) is 4.39 Å². The molecule has 1 heterocycles.